The molecule has 3 nitrogen and oxygen atoms in total. The zero-order valence-electron chi connectivity index (χ0n) is 7.58. The van der Waals surface area contributed by atoms with Crippen LogP contribution in [0.15, 0.2) is 24.3 Å². The number of nitrogens with one attached hydrogen (secondary N) is 1. The summed E-state index contributed by atoms with van der Waals surface area (Å²) in [5.41, 5.74) is 3.04. The molecule has 0 heterocycles. The van der Waals surface area contributed by atoms with Crippen LogP contribution in [0.3, 0.4) is 0 Å². The monoisotopic (exact) mass is 179 g/mol. The van der Waals surface area contributed by atoms with Crippen LogP contribution in [-0.2, 0) is 0 Å². The molecular weight excluding hydrogens is 166 g/mol. The van der Waals surface area contributed by atoms with E-state index in [-0.39, 0.29) is 5.78 Å². The van der Waals surface area contributed by atoms with Gasteiger partial charge in [0, 0.05) is 12.0 Å². The Hall–Kier alpha value is -1.35. The largest absolute Gasteiger partial charge is 0.294 e. The van der Waals surface area contributed by atoms with Gasteiger partial charge >= 0.3 is 0 Å². The molecule has 0 spiro atoms. The van der Waals surface area contributed by atoms with E-state index in [0.717, 1.165) is 6.42 Å². The molecule has 0 aliphatic carbocycles. The molecule has 0 aliphatic heterocycles. The Kier molecular flexibility index (Phi) is 3.46. The summed E-state index contributed by atoms with van der Waals surface area (Å²) in [7, 11) is 0. The van der Waals surface area contributed by atoms with Crippen molar-refractivity contribution in [2.24, 2.45) is 0 Å². The van der Waals surface area contributed by atoms with Gasteiger partial charge < -0.3 is 0 Å². The number of carbonyl (C=O) groups excluding carboxylic acids is 1. The number of para-hydroxylation sites is 1. The fourth-order valence-corrected chi connectivity index (χ4v) is 1.19. The van der Waals surface area contributed by atoms with Crippen molar-refractivity contribution >= 4 is 11.5 Å². The second-order valence-electron chi connectivity index (χ2n) is 2.83. The van der Waals surface area contributed by atoms with Crippen LogP contribution in [-0.4, -0.2) is 11.0 Å². The lowest BCUT2D eigenvalue weighted by Crippen LogP contribution is -2.03. The minimum atomic E-state index is 0.0552. The van der Waals surface area contributed by atoms with Crippen molar-refractivity contribution in [2.45, 2.75) is 19.8 Å². The first-order chi connectivity index (χ1) is 6.29. The van der Waals surface area contributed by atoms with E-state index in [0.29, 0.717) is 17.7 Å². The third-order valence-electron chi connectivity index (χ3n) is 1.82. The highest BCUT2D eigenvalue weighted by Gasteiger charge is 2.08. The van der Waals surface area contributed by atoms with E-state index in [2.05, 4.69) is 0 Å². The molecule has 0 aromatic heterocycles. The van der Waals surface area contributed by atoms with E-state index in [1.165, 1.54) is 0 Å². The predicted molar refractivity (Wildman–Crippen MR) is 51.1 cm³/mol. The zero-order valence-corrected chi connectivity index (χ0v) is 7.58. The highest BCUT2D eigenvalue weighted by molar-refractivity contribution is 6.00. The van der Waals surface area contributed by atoms with Gasteiger partial charge in [0.05, 0.1) is 5.69 Å². The normalized spacial score (nSPS) is 9.69. The quantitative estimate of drug-likeness (QED) is 0.551. The van der Waals surface area contributed by atoms with Crippen LogP contribution in [0, 0.1) is 0 Å². The van der Waals surface area contributed by atoms with Crippen molar-refractivity contribution < 1.29 is 10.0 Å². The Labute approximate surface area is 77.4 Å². The third kappa shape index (κ3) is 2.29. The second-order valence-corrected chi connectivity index (χ2v) is 2.83. The molecule has 13 heavy (non-hydrogen) atoms. The van der Waals surface area contributed by atoms with Crippen LogP contribution in [0.5, 0.6) is 0 Å². The highest BCUT2D eigenvalue weighted by atomic mass is 16.5. The summed E-state index contributed by atoms with van der Waals surface area (Å²) in [6, 6.07) is 6.92. The van der Waals surface area contributed by atoms with Gasteiger partial charge in [-0.15, -0.1) is 0 Å². The summed E-state index contributed by atoms with van der Waals surface area (Å²) in [6.45, 7) is 1.95. The topological polar surface area (TPSA) is 49.3 Å². The summed E-state index contributed by atoms with van der Waals surface area (Å²) >= 11 is 0. The Morgan fingerprint density at radius 2 is 2.15 bits per heavy atom. The SMILES string of the molecule is CCCC(=O)c1ccccc1NO. The Balaban J connectivity index is 2.92. The van der Waals surface area contributed by atoms with Gasteiger partial charge in [-0.3, -0.25) is 15.5 Å². The minimum Gasteiger partial charge on any atom is -0.294 e. The summed E-state index contributed by atoms with van der Waals surface area (Å²) in [6.07, 6.45) is 1.33. The Morgan fingerprint density at radius 1 is 1.46 bits per heavy atom. The molecule has 0 bridgehead atoms. The van der Waals surface area contributed by atoms with E-state index in [4.69, 9.17) is 5.21 Å². The van der Waals surface area contributed by atoms with Gasteiger partial charge in [-0.25, -0.2) is 0 Å². The molecular formula is C10H13NO2. The summed E-state index contributed by atoms with van der Waals surface area (Å²) < 4.78 is 0. The summed E-state index contributed by atoms with van der Waals surface area (Å²) in [4.78, 5) is 11.5. The van der Waals surface area contributed by atoms with E-state index in [9.17, 15) is 4.79 Å². The first-order valence-electron chi connectivity index (χ1n) is 4.32. The first-order valence-corrected chi connectivity index (χ1v) is 4.32. The highest BCUT2D eigenvalue weighted by Crippen LogP contribution is 2.16. The van der Waals surface area contributed by atoms with E-state index in [1.54, 1.807) is 24.3 Å². The molecule has 1 aromatic carbocycles. The van der Waals surface area contributed by atoms with Gasteiger partial charge in [0.1, 0.15) is 0 Å². The maximum absolute atomic E-state index is 11.5. The third-order valence-corrected chi connectivity index (χ3v) is 1.82. The number of rotatable bonds is 4. The average Bonchev–Trinajstić information content (AvgIpc) is 2.18. The molecule has 3 heteroatoms. The Bertz CT molecular complexity index is 297. The smallest absolute Gasteiger partial charge is 0.165 e. The first kappa shape index (κ1) is 9.74. The number of hydrogen-bond acceptors (Lipinski definition) is 3. The molecule has 0 atom stereocenters. The summed E-state index contributed by atoms with van der Waals surface area (Å²) in [5.74, 6) is 0.0552. The standard InChI is InChI=1S/C10H13NO2/c1-2-5-10(12)8-6-3-4-7-9(8)11-13/h3-4,6-7,11,13H,2,5H2,1H3. The van der Waals surface area contributed by atoms with Gasteiger partial charge in [-0.1, -0.05) is 19.1 Å². The van der Waals surface area contributed by atoms with Crippen LogP contribution >= 0.6 is 0 Å². The lowest BCUT2D eigenvalue weighted by Gasteiger charge is -2.05. The molecule has 0 radical (unpaired) electrons. The molecule has 0 saturated carbocycles. The fourth-order valence-electron chi connectivity index (χ4n) is 1.19. The van der Waals surface area contributed by atoms with Crippen LogP contribution in [0.2, 0.25) is 0 Å². The van der Waals surface area contributed by atoms with E-state index >= 15 is 0 Å². The maximum Gasteiger partial charge on any atom is 0.165 e. The number of hydrogen-bond donors (Lipinski definition) is 2. The van der Waals surface area contributed by atoms with Gasteiger partial charge in [0.2, 0.25) is 0 Å². The molecule has 1 rings (SSSR count). The molecule has 0 amide bonds. The van der Waals surface area contributed by atoms with Crippen molar-refractivity contribution in [2.75, 3.05) is 5.48 Å². The van der Waals surface area contributed by atoms with Crippen LogP contribution in [0.4, 0.5) is 5.69 Å². The lowest BCUT2D eigenvalue weighted by atomic mass is 10.1. The molecule has 0 aliphatic rings. The second kappa shape index (κ2) is 4.62. The van der Waals surface area contributed by atoms with E-state index < -0.39 is 0 Å². The predicted octanol–water partition coefficient (Wildman–Crippen LogP) is 2.47. The number of anilines is 1. The van der Waals surface area contributed by atoms with Crippen molar-refractivity contribution in [1.29, 1.82) is 0 Å². The summed E-state index contributed by atoms with van der Waals surface area (Å²) in [5, 5.41) is 8.73. The molecule has 2 N–H and O–H groups in total. The molecule has 0 unspecified atom stereocenters. The number of carbonyl (C=O) groups is 1. The molecule has 0 fully saturated rings. The van der Waals surface area contributed by atoms with Gasteiger partial charge in [0.15, 0.2) is 5.78 Å². The number of benzene rings is 1. The van der Waals surface area contributed by atoms with Crippen LogP contribution in [0.1, 0.15) is 30.1 Å². The van der Waals surface area contributed by atoms with Crippen molar-refractivity contribution in [1.82, 2.24) is 0 Å². The number of ketones is 1. The average molecular weight is 179 g/mol. The van der Waals surface area contributed by atoms with Gasteiger partial charge in [-0.05, 0) is 18.6 Å². The molecule has 0 saturated heterocycles. The lowest BCUT2D eigenvalue weighted by molar-refractivity contribution is 0.0982. The van der Waals surface area contributed by atoms with Gasteiger partial charge in [0.25, 0.3) is 0 Å². The molecule has 1 aromatic rings. The maximum atomic E-state index is 11.5. The Morgan fingerprint density at radius 3 is 2.77 bits per heavy atom. The fraction of sp³-hybridized carbons (Fsp3) is 0.300. The molecule has 70 valence electrons. The van der Waals surface area contributed by atoms with Gasteiger partial charge in [-0.2, -0.15) is 0 Å². The van der Waals surface area contributed by atoms with Crippen LogP contribution in [0.25, 0.3) is 0 Å². The van der Waals surface area contributed by atoms with Crippen molar-refractivity contribution in [3.8, 4) is 0 Å². The van der Waals surface area contributed by atoms with Crippen LogP contribution < -0.4 is 5.48 Å². The van der Waals surface area contributed by atoms with E-state index in [1.807, 2.05) is 12.4 Å². The van der Waals surface area contributed by atoms with Crippen molar-refractivity contribution in [3.05, 3.63) is 29.8 Å². The van der Waals surface area contributed by atoms with Crippen molar-refractivity contribution in [3.63, 3.8) is 0 Å². The number of Topliss-reactive ketones (excluding diaryl/α,β-unsaturated/α-hetero) is 1. The zero-order chi connectivity index (χ0) is 9.68. The minimum absolute atomic E-state index is 0.0552.